The molecule has 0 fully saturated rings. The average Bonchev–Trinajstić information content (AvgIpc) is 3.11. The van der Waals surface area contributed by atoms with Crippen LogP contribution in [0.4, 0.5) is 9.39 Å². The molecular formula is C14H14FN7OS2. The van der Waals surface area contributed by atoms with Crippen molar-refractivity contribution in [3.63, 3.8) is 0 Å². The highest BCUT2D eigenvalue weighted by Crippen LogP contribution is 2.31. The maximum atomic E-state index is 13.3. The molecule has 0 aromatic carbocycles. The van der Waals surface area contributed by atoms with Gasteiger partial charge in [-0.25, -0.2) is 9.37 Å². The van der Waals surface area contributed by atoms with Gasteiger partial charge in [-0.15, -0.1) is 0 Å². The van der Waals surface area contributed by atoms with Crippen LogP contribution in [0.2, 0.25) is 0 Å². The molecule has 1 unspecified atom stereocenters. The molecule has 0 bridgehead atoms. The Morgan fingerprint density at radius 2 is 2.40 bits per heavy atom. The number of thiazole rings is 1. The van der Waals surface area contributed by atoms with Gasteiger partial charge in [-0.2, -0.15) is 11.8 Å². The van der Waals surface area contributed by atoms with Crippen LogP contribution in [0.3, 0.4) is 0 Å². The van der Waals surface area contributed by atoms with Gasteiger partial charge in [-0.3, -0.25) is 9.78 Å². The lowest BCUT2D eigenvalue weighted by Crippen LogP contribution is -2.34. The summed E-state index contributed by atoms with van der Waals surface area (Å²) in [5.41, 5.74) is 8.77. The number of hydrogen-bond acceptors (Lipinski definition) is 7. The fraction of sp³-hybridized carbons (Fsp3) is 0.286. The van der Waals surface area contributed by atoms with Crippen LogP contribution in [0.15, 0.2) is 29.8 Å². The minimum atomic E-state index is -0.634. The lowest BCUT2D eigenvalue weighted by atomic mass is 10.2. The first-order valence-electron chi connectivity index (χ1n) is 7.00. The summed E-state index contributed by atoms with van der Waals surface area (Å²) >= 11 is 2.50. The van der Waals surface area contributed by atoms with Crippen molar-refractivity contribution >= 4 is 40.2 Å². The molecule has 8 nitrogen and oxygen atoms in total. The Hall–Kier alpha value is -2.49. The van der Waals surface area contributed by atoms with Gasteiger partial charge in [0, 0.05) is 35.7 Å². The molecule has 2 aromatic rings. The number of aromatic nitrogens is 2. The Balaban J connectivity index is 2.08. The molecule has 0 saturated heterocycles. The van der Waals surface area contributed by atoms with Gasteiger partial charge in [0.05, 0.1) is 24.2 Å². The Morgan fingerprint density at radius 3 is 3.08 bits per heavy atom. The molecule has 2 heterocycles. The van der Waals surface area contributed by atoms with E-state index < -0.39 is 11.7 Å². The van der Waals surface area contributed by atoms with Crippen LogP contribution in [0.1, 0.15) is 0 Å². The third kappa shape index (κ3) is 4.99. The molecular weight excluding hydrogens is 365 g/mol. The number of anilines is 1. The highest BCUT2D eigenvalue weighted by atomic mass is 32.2. The number of thioether (sulfide) groups is 1. The van der Waals surface area contributed by atoms with Crippen molar-refractivity contribution in [1.82, 2.24) is 9.97 Å². The molecule has 1 amide bonds. The smallest absolute Gasteiger partial charge is 0.236 e. The Bertz CT molecular complexity index is 806. The Kier molecular flexibility index (Phi) is 6.87. The first-order valence-corrected chi connectivity index (χ1v) is 8.97. The Morgan fingerprint density at radius 1 is 1.60 bits per heavy atom. The van der Waals surface area contributed by atoms with Crippen LogP contribution < -0.4 is 4.90 Å². The quantitative estimate of drug-likeness (QED) is 0.248. The second-order valence-electron chi connectivity index (χ2n) is 4.80. The molecule has 0 saturated carbocycles. The second kappa shape index (κ2) is 9.11. The van der Waals surface area contributed by atoms with Gasteiger partial charge in [0.1, 0.15) is 15.8 Å². The van der Waals surface area contributed by atoms with E-state index in [2.05, 4.69) is 20.0 Å². The van der Waals surface area contributed by atoms with Gasteiger partial charge in [0.15, 0.2) is 0 Å². The first-order chi connectivity index (χ1) is 12.1. The van der Waals surface area contributed by atoms with Crippen LogP contribution in [0, 0.1) is 17.1 Å². The molecule has 1 N–H and O–H groups in total. The van der Waals surface area contributed by atoms with Crippen molar-refractivity contribution in [1.29, 1.82) is 5.41 Å². The minimum absolute atomic E-state index is 0.203. The van der Waals surface area contributed by atoms with Crippen LogP contribution in [-0.4, -0.2) is 40.8 Å². The number of azide groups is 1. The van der Waals surface area contributed by atoms with E-state index in [1.165, 1.54) is 46.5 Å². The number of rotatable bonds is 8. The lowest BCUT2D eigenvalue weighted by Gasteiger charge is -2.19. The van der Waals surface area contributed by atoms with Crippen LogP contribution in [0.25, 0.3) is 21.0 Å². The number of nitrogens with zero attached hydrogens (tertiary/aromatic N) is 6. The van der Waals surface area contributed by atoms with Crippen molar-refractivity contribution in [2.75, 3.05) is 23.6 Å². The number of pyridine rings is 1. The largest absolute Gasteiger partial charge is 0.312 e. The molecule has 0 aliphatic rings. The van der Waals surface area contributed by atoms with E-state index in [0.717, 1.165) is 12.4 Å². The average molecular weight is 379 g/mol. The summed E-state index contributed by atoms with van der Waals surface area (Å²) in [5, 5.41) is 11.9. The van der Waals surface area contributed by atoms with E-state index in [0.29, 0.717) is 21.3 Å². The van der Waals surface area contributed by atoms with Crippen molar-refractivity contribution < 1.29 is 9.18 Å². The second-order valence-corrected chi connectivity index (χ2v) is 6.81. The highest BCUT2D eigenvalue weighted by Gasteiger charge is 2.22. The molecule has 25 heavy (non-hydrogen) atoms. The van der Waals surface area contributed by atoms with Crippen molar-refractivity contribution in [3.05, 3.63) is 40.9 Å². The lowest BCUT2D eigenvalue weighted by molar-refractivity contribution is -0.119. The molecule has 130 valence electrons. The van der Waals surface area contributed by atoms with Gasteiger partial charge in [0.2, 0.25) is 5.91 Å². The number of halogens is 1. The predicted octanol–water partition coefficient (Wildman–Crippen LogP) is 3.57. The maximum Gasteiger partial charge on any atom is 0.236 e. The summed E-state index contributed by atoms with van der Waals surface area (Å²) in [5.74, 6) is -0.818. The summed E-state index contributed by atoms with van der Waals surface area (Å²) in [6, 6.07) is 1.32. The van der Waals surface area contributed by atoms with Crippen LogP contribution in [-0.2, 0) is 4.79 Å². The van der Waals surface area contributed by atoms with E-state index in [-0.39, 0.29) is 11.8 Å². The van der Waals surface area contributed by atoms with Gasteiger partial charge in [0.25, 0.3) is 0 Å². The number of carbonyl (C=O) groups excluding carboxylic acids is 1. The molecule has 1 atom stereocenters. The third-order valence-electron chi connectivity index (χ3n) is 3.13. The van der Waals surface area contributed by atoms with Crippen LogP contribution >= 0.6 is 23.1 Å². The molecule has 11 heteroatoms. The van der Waals surface area contributed by atoms with Crippen LogP contribution in [0.5, 0.6) is 0 Å². The SMILES string of the molecule is CN(C(=O)C(C=N)CSCN=[N+]=[N-])c1cnc(-c2cncc(F)c2)s1. The zero-order valence-corrected chi connectivity index (χ0v) is 14.8. The molecule has 0 spiro atoms. The molecule has 0 radical (unpaired) electrons. The van der Waals surface area contributed by atoms with Gasteiger partial charge < -0.3 is 10.3 Å². The van der Waals surface area contributed by atoms with Crippen molar-refractivity contribution in [2.24, 2.45) is 11.0 Å². The standard InChI is InChI=1S/C14H14FN7OS2/c1-22(14(23)10(3-16)7-24-8-20-21-17)12-6-19-13(25-12)9-2-11(15)5-18-4-9/h2-6,10,16H,7-8H2,1H3. The number of amides is 1. The summed E-state index contributed by atoms with van der Waals surface area (Å²) in [4.78, 5) is 24.5. The van der Waals surface area contributed by atoms with E-state index >= 15 is 0 Å². The third-order valence-corrected chi connectivity index (χ3v) is 5.15. The predicted molar refractivity (Wildman–Crippen MR) is 97.5 cm³/mol. The number of nitrogens with one attached hydrogen (secondary N) is 1. The zero-order valence-electron chi connectivity index (χ0n) is 13.2. The van der Waals surface area contributed by atoms with E-state index in [4.69, 9.17) is 10.9 Å². The normalized spacial score (nSPS) is 11.4. The van der Waals surface area contributed by atoms with E-state index in [1.54, 1.807) is 7.05 Å². The highest BCUT2D eigenvalue weighted by molar-refractivity contribution is 7.99. The first kappa shape index (κ1) is 18.8. The van der Waals surface area contributed by atoms with Crippen molar-refractivity contribution in [3.8, 4) is 10.6 Å². The molecule has 0 aliphatic heterocycles. The van der Waals surface area contributed by atoms with E-state index in [9.17, 15) is 9.18 Å². The zero-order chi connectivity index (χ0) is 18.2. The van der Waals surface area contributed by atoms with Gasteiger partial charge in [-0.05, 0) is 11.6 Å². The van der Waals surface area contributed by atoms with E-state index in [1.807, 2.05) is 0 Å². The maximum absolute atomic E-state index is 13.3. The summed E-state index contributed by atoms with van der Waals surface area (Å²) < 4.78 is 13.3. The fourth-order valence-corrected chi connectivity index (χ4v) is 3.47. The van der Waals surface area contributed by atoms with Gasteiger partial charge >= 0.3 is 0 Å². The Labute approximate surface area is 151 Å². The van der Waals surface area contributed by atoms with Crippen molar-refractivity contribution in [2.45, 2.75) is 0 Å². The molecule has 2 rings (SSSR count). The molecule has 2 aromatic heterocycles. The fourth-order valence-electron chi connectivity index (χ4n) is 1.88. The minimum Gasteiger partial charge on any atom is -0.312 e. The van der Waals surface area contributed by atoms with Gasteiger partial charge in [-0.1, -0.05) is 16.5 Å². The summed E-state index contributed by atoms with van der Waals surface area (Å²) in [7, 11) is 1.60. The monoisotopic (exact) mass is 379 g/mol. The molecule has 0 aliphatic carbocycles. The summed E-state index contributed by atoms with van der Waals surface area (Å²) in [6.07, 6.45) is 5.20. The number of carbonyl (C=O) groups is 1. The number of hydrogen-bond donors (Lipinski definition) is 1. The summed E-state index contributed by atoms with van der Waals surface area (Å²) in [6.45, 7) is 0. The topological polar surface area (TPSA) is 119 Å².